The Balaban J connectivity index is 2.15. The SMILES string of the molecule is O=[N+]([O-])Cc1obc2cc3c(cc12)CCO3. The molecule has 16 heavy (non-hydrogen) atoms. The van der Waals surface area contributed by atoms with E-state index in [1.807, 2.05) is 12.1 Å². The minimum absolute atomic E-state index is 0.275. The molecule has 0 unspecified atom stereocenters. The Morgan fingerprint density at radius 3 is 3.19 bits per heavy atom. The van der Waals surface area contributed by atoms with Gasteiger partial charge in [-0.25, -0.2) is 0 Å². The molecule has 2 heterocycles. The van der Waals surface area contributed by atoms with Gasteiger partial charge in [0.2, 0.25) is 0 Å². The third-order valence-corrected chi connectivity index (χ3v) is 2.76. The van der Waals surface area contributed by atoms with E-state index in [4.69, 9.17) is 9.07 Å². The molecule has 0 saturated heterocycles. The van der Waals surface area contributed by atoms with Gasteiger partial charge in [-0.1, -0.05) is 0 Å². The van der Waals surface area contributed by atoms with Crippen molar-refractivity contribution in [2.75, 3.05) is 6.61 Å². The molecule has 3 rings (SSSR count). The first kappa shape index (κ1) is 9.39. The van der Waals surface area contributed by atoms with Crippen molar-refractivity contribution in [1.29, 1.82) is 0 Å². The summed E-state index contributed by atoms with van der Waals surface area (Å²) in [6.07, 6.45) is 0.856. The van der Waals surface area contributed by atoms with E-state index in [1.54, 1.807) is 0 Å². The minimum atomic E-state index is -0.387. The number of benzene rings is 1. The molecule has 2 aromatic rings. The molecule has 6 heteroatoms. The average Bonchev–Trinajstić information content (AvgIpc) is 2.81. The van der Waals surface area contributed by atoms with Crippen LogP contribution in [0, 0.1) is 10.1 Å². The first-order chi connectivity index (χ1) is 7.74. The molecule has 1 aliphatic heterocycles. The monoisotopic (exact) mass is 217 g/mol. The summed E-state index contributed by atoms with van der Waals surface area (Å²) < 4.78 is 10.6. The number of nitrogens with zero attached hydrogens (tertiary/aromatic N) is 1. The average molecular weight is 217 g/mol. The third-order valence-electron chi connectivity index (χ3n) is 2.76. The van der Waals surface area contributed by atoms with Crippen LogP contribution in [0.15, 0.2) is 16.5 Å². The van der Waals surface area contributed by atoms with Crippen molar-refractivity contribution in [3.8, 4) is 5.75 Å². The second-order valence-corrected chi connectivity index (χ2v) is 3.80. The Bertz CT molecular complexity index is 577. The Labute approximate surface area is 91.4 Å². The molecule has 1 aliphatic rings. The van der Waals surface area contributed by atoms with Crippen LogP contribution < -0.4 is 4.74 Å². The first-order valence-electron chi connectivity index (χ1n) is 5.01. The van der Waals surface area contributed by atoms with Crippen molar-refractivity contribution < 1.29 is 14.0 Å². The van der Waals surface area contributed by atoms with E-state index in [9.17, 15) is 10.1 Å². The summed E-state index contributed by atoms with van der Waals surface area (Å²) in [6.45, 7) is 0.410. The van der Waals surface area contributed by atoms with Crippen molar-refractivity contribution in [2.24, 2.45) is 0 Å². The number of nitro groups is 1. The van der Waals surface area contributed by atoms with E-state index < -0.39 is 0 Å². The van der Waals surface area contributed by atoms with E-state index in [0.717, 1.165) is 28.4 Å². The molecule has 1 aromatic carbocycles. The zero-order chi connectivity index (χ0) is 11.1. The number of rotatable bonds is 2. The zero-order valence-corrected chi connectivity index (χ0v) is 8.43. The standard InChI is InChI=1S/C10H8BNO4/c13-12(14)5-10-7-3-6-1-2-15-9(6)4-8(7)11-16-10/h3-4H,1-2,5H2. The number of fused-ring (bicyclic) bond motifs is 2. The fourth-order valence-electron chi connectivity index (χ4n) is 2.02. The van der Waals surface area contributed by atoms with E-state index in [2.05, 4.69) is 0 Å². The molecule has 1 aromatic heterocycles. The molecule has 0 radical (unpaired) electrons. The number of hydrogen-bond acceptors (Lipinski definition) is 4. The molecule has 0 atom stereocenters. The fraction of sp³-hybridized carbons (Fsp3) is 0.300. The van der Waals surface area contributed by atoms with Gasteiger partial charge in [0.1, 0.15) is 0 Å². The molecule has 0 fully saturated rings. The van der Waals surface area contributed by atoms with Crippen molar-refractivity contribution in [1.82, 2.24) is 0 Å². The Hall–Kier alpha value is -1.85. The Morgan fingerprint density at radius 1 is 1.50 bits per heavy atom. The van der Waals surface area contributed by atoms with Gasteiger partial charge in [-0.3, -0.25) is 0 Å². The second kappa shape index (κ2) is 3.33. The van der Waals surface area contributed by atoms with Gasteiger partial charge in [0.05, 0.1) is 0 Å². The predicted molar refractivity (Wildman–Crippen MR) is 57.5 cm³/mol. The maximum absolute atomic E-state index is 10.5. The van der Waals surface area contributed by atoms with Crippen LogP contribution >= 0.6 is 0 Å². The third kappa shape index (κ3) is 1.38. The molecular weight excluding hydrogens is 209 g/mol. The Kier molecular flexibility index (Phi) is 1.95. The zero-order valence-electron chi connectivity index (χ0n) is 8.43. The van der Waals surface area contributed by atoms with Gasteiger partial charge in [0, 0.05) is 0 Å². The molecule has 0 amide bonds. The van der Waals surface area contributed by atoms with Crippen molar-refractivity contribution in [3.63, 3.8) is 0 Å². The van der Waals surface area contributed by atoms with Crippen molar-refractivity contribution in [3.05, 3.63) is 33.6 Å². The van der Waals surface area contributed by atoms with Crippen LogP contribution in [-0.4, -0.2) is 18.7 Å². The van der Waals surface area contributed by atoms with Crippen LogP contribution in [0.2, 0.25) is 0 Å². The van der Waals surface area contributed by atoms with Gasteiger partial charge in [-0.05, 0) is 0 Å². The predicted octanol–water partition coefficient (Wildman–Crippen LogP) is 1.48. The van der Waals surface area contributed by atoms with E-state index in [-0.39, 0.29) is 11.5 Å². The summed E-state index contributed by atoms with van der Waals surface area (Å²) in [4.78, 5) is 10.1. The summed E-state index contributed by atoms with van der Waals surface area (Å²) in [5.41, 5.74) is 1.10. The van der Waals surface area contributed by atoms with Gasteiger partial charge in [-0.15, -0.1) is 0 Å². The fourth-order valence-corrected chi connectivity index (χ4v) is 2.02. The van der Waals surface area contributed by atoms with E-state index in [0.29, 0.717) is 12.4 Å². The number of ether oxygens (including phenoxy) is 1. The van der Waals surface area contributed by atoms with Crippen molar-refractivity contribution >= 4 is 17.8 Å². The quantitative estimate of drug-likeness (QED) is 0.564. The summed E-state index contributed by atoms with van der Waals surface area (Å²) in [6, 6.07) is 3.81. The van der Waals surface area contributed by atoms with E-state index in [1.165, 1.54) is 7.13 Å². The van der Waals surface area contributed by atoms with Crippen LogP contribution in [-0.2, 0) is 13.0 Å². The summed E-state index contributed by atoms with van der Waals surface area (Å²) in [5, 5.41) is 12.1. The van der Waals surface area contributed by atoms with Crippen molar-refractivity contribution in [2.45, 2.75) is 13.0 Å². The molecule has 80 valence electrons. The van der Waals surface area contributed by atoms with Crippen LogP contribution in [0.1, 0.15) is 11.3 Å². The van der Waals surface area contributed by atoms with Crippen LogP contribution in [0.4, 0.5) is 0 Å². The molecule has 0 bridgehead atoms. The van der Waals surface area contributed by atoms with Gasteiger partial charge in [0.25, 0.3) is 0 Å². The van der Waals surface area contributed by atoms with Gasteiger partial charge in [-0.2, -0.15) is 0 Å². The van der Waals surface area contributed by atoms with Crippen LogP contribution in [0.25, 0.3) is 10.7 Å². The summed E-state index contributed by atoms with van der Waals surface area (Å²) in [7, 11) is 1.54. The Morgan fingerprint density at radius 2 is 2.38 bits per heavy atom. The number of hydrogen-bond donors (Lipinski definition) is 0. The summed E-state index contributed by atoms with van der Waals surface area (Å²) in [5.74, 6) is 1.27. The molecular formula is C10H8BNO4. The van der Waals surface area contributed by atoms with Gasteiger partial charge >= 0.3 is 90.7 Å². The molecule has 0 spiro atoms. The van der Waals surface area contributed by atoms with Crippen LogP contribution in [0.3, 0.4) is 0 Å². The first-order valence-corrected chi connectivity index (χ1v) is 5.01. The normalized spacial score (nSPS) is 13.5. The van der Waals surface area contributed by atoms with Gasteiger partial charge in [0.15, 0.2) is 0 Å². The topological polar surface area (TPSA) is 65.5 Å². The maximum atomic E-state index is 10.5. The molecule has 0 N–H and O–H groups in total. The molecule has 5 nitrogen and oxygen atoms in total. The van der Waals surface area contributed by atoms with Gasteiger partial charge < -0.3 is 0 Å². The second-order valence-electron chi connectivity index (χ2n) is 3.80. The van der Waals surface area contributed by atoms with E-state index >= 15 is 0 Å². The van der Waals surface area contributed by atoms with Crippen LogP contribution in [0.5, 0.6) is 5.75 Å². The molecule has 0 saturated carbocycles. The summed E-state index contributed by atoms with van der Waals surface area (Å²) >= 11 is 0. The molecule has 0 aliphatic carbocycles.